The second-order valence-corrected chi connectivity index (χ2v) is 7.76. The molecule has 0 bridgehead atoms. The molecule has 9 heteroatoms. The van der Waals surface area contributed by atoms with E-state index in [1.807, 2.05) is 35.9 Å². The summed E-state index contributed by atoms with van der Waals surface area (Å²) < 4.78 is 12.2. The van der Waals surface area contributed by atoms with Crippen LogP contribution in [0, 0.1) is 5.92 Å². The number of hydrogen-bond donors (Lipinski definition) is 0. The molecular weight excluding hydrogens is 392 g/mol. The van der Waals surface area contributed by atoms with Gasteiger partial charge in [0.15, 0.2) is 11.0 Å². The third-order valence-electron chi connectivity index (χ3n) is 4.90. The number of amides is 1. The minimum absolute atomic E-state index is 0.00186. The third kappa shape index (κ3) is 5.09. The number of benzene rings is 1. The van der Waals surface area contributed by atoms with E-state index in [1.165, 1.54) is 11.8 Å². The van der Waals surface area contributed by atoms with E-state index >= 15 is 0 Å². The summed E-state index contributed by atoms with van der Waals surface area (Å²) in [6, 6.07) is 7.59. The normalized spacial score (nSPS) is 16.5. The molecule has 1 amide bonds. The van der Waals surface area contributed by atoms with Crippen molar-refractivity contribution in [2.75, 3.05) is 32.6 Å². The van der Waals surface area contributed by atoms with Gasteiger partial charge in [-0.3, -0.25) is 9.59 Å². The Balaban J connectivity index is 1.59. The number of nitrogens with zero attached hydrogens (tertiary/aromatic N) is 4. The van der Waals surface area contributed by atoms with E-state index in [2.05, 4.69) is 10.2 Å². The lowest BCUT2D eigenvalue weighted by atomic mass is 9.98. The van der Waals surface area contributed by atoms with E-state index in [4.69, 9.17) is 9.47 Å². The number of carbonyl (C=O) groups excluding carboxylic acids is 2. The molecule has 0 N–H and O–H groups in total. The summed E-state index contributed by atoms with van der Waals surface area (Å²) in [5.41, 5.74) is 0.923. The van der Waals surface area contributed by atoms with Gasteiger partial charge >= 0.3 is 5.97 Å². The molecule has 1 fully saturated rings. The summed E-state index contributed by atoms with van der Waals surface area (Å²) in [4.78, 5) is 26.4. The Morgan fingerprint density at radius 1 is 1.24 bits per heavy atom. The number of carbonyl (C=O) groups is 2. The van der Waals surface area contributed by atoms with Gasteiger partial charge in [0.05, 0.1) is 25.4 Å². The fourth-order valence-corrected chi connectivity index (χ4v) is 4.12. The lowest BCUT2D eigenvalue weighted by molar-refractivity contribution is -0.151. The Bertz CT molecular complexity index is 853. The van der Waals surface area contributed by atoms with Gasteiger partial charge < -0.3 is 18.9 Å². The Labute approximate surface area is 174 Å². The molecule has 29 heavy (non-hydrogen) atoms. The number of likely N-dealkylation sites (tertiary alicyclic amines) is 1. The second kappa shape index (κ2) is 9.78. The second-order valence-electron chi connectivity index (χ2n) is 6.81. The van der Waals surface area contributed by atoms with Crippen molar-refractivity contribution in [1.82, 2.24) is 19.7 Å². The van der Waals surface area contributed by atoms with Crippen molar-refractivity contribution < 1.29 is 19.1 Å². The lowest BCUT2D eigenvalue weighted by Crippen LogP contribution is -2.43. The first-order chi connectivity index (χ1) is 14.0. The number of piperidine rings is 1. The Morgan fingerprint density at radius 2 is 2.00 bits per heavy atom. The Hall–Kier alpha value is -2.55. The summed E-state index contributed by atoms with van der Waals surface area (Å²) in [6.45, 7) is 3.25. The molecule has 8 nitrogen and oxygen atoms in total. The molecule has 0 spiro atoms. The number of thioether (sulfide) groups is 1. The molecule has 1 aliphatic rings. The SMILES string of the molecule is CCOC(=O)[C@@H]1CCCN(C(=O)CSc2nnc(-c3ccc(OC)cc3)n2C)C1. The Morgan fingerprint density at radius 3 is 2.69 bits per heavy atom. The van der Waals surface area contributed by atoms with Crippen LogP contribution in [0.25, 0.3) is 11.4 Å². The standard InChI is InChI=1S/C20H26N4O4S/c1-4-28-19(26)15-6-5-11-24(12-15)17(25)13-29-20-22-21-18(23(20)2)14-7-9-16(27-3)10-8-14/h7-10,15H,4-6,11-13H2,1-3H3/t15-/m1/s1. The molecule has 3 rings (SSSR count). The molecular formula is C20H26N4O4S. The predicted molar refractivity (Wildman–Crippen MR) is 110 cm³/mol. The van der Waals surface area contributed by atoms with Crippen molar-refractivity contribution in [3.05, 3.63) is 24.3 Å². The van der Waals surface area contributed by atoms with Gasteiger partial charge in [-0.2, -0.15) is 0 Å². The lowest BCUT2D eigenvalue weighted by Gasteiger charge is -2.31. The largest absolute Gasteiger partial charge is 0.497 e. The number of esters is 1. The highest BCUT2D eigenvalue weighted by molar-refractivity contribution is 7.99. The zero-order valence-electron chi connectivity index (χ0n) is 17.0. The smallest absolute Gasteiger partial charge is 0.310 e. The van der Waals surface area contributed by atoms with E-state index in [9.17, 15) is 9.59 Å². The average Bonchev–Trinajstić information content (AvgIpc) is 3.12. The quantitative estimate of drug-likeness (QED) is 0.504. The molecule has 0 aliphatic carbocycles. The van der Waals surface area contributed by atoms with Gasteiger partial charge in [0.1, 0.15) is 5.75 Å². The van der Waals surface area contributed by atoms with E-state index < -0.39 is 0 Å². The Kier molecular flexibility index (Phi) is 7.13. The molecule has 0 saturated carbocycles. The van der Waals surface area contributed by atoms with Crippen LogP contribution in [0.4, 0.5) is 0 Å². The highest BCUT2D eigenvalue weighted by Crippen LogP contribution is 2.25. The number of hydrogen-bond acceptors (Lipinski definition) is 7. The summed E-state index contributed by atoms with van der Waals surface area (Å²) >= 11 is 1.35. The number of rotatable bonds is 7. The average molecular weight is 419 g/mol. The van der Waals surface area contributed by atoms with Crippen molar-refractivity contribution in [2.45, 2.75) is 24.9 Å². The fraction of sp³-hybridized carbons (Fsp3) is 0.500. The molecule has 1 atom stereocenters. The highest BCUT2D eigenvalue weighted by Gasteiger charge is 2.29. The zero-order chi connectivity index (χ0) is 20.8. The number of aromatic nitrogens is 3. The summed E-state index contributed by atoms with van der Waals surface area (Å²) in [7, 11) is 3.50. The molecule has 0 radical (unpaired) electrons. The fourth-order valence-electron chi connectivity index (χ4n) is 3.31. The first-order valence-corrected chi connectivity index (χ1v) is 10.6. The number of ether oxygens (including phenoxy) is 2. The van der Waals surface area contributed by atoms with Crippen molar-refractivity contribution in [3.63, 3.8) is 0 Å². The van der Waals surface area contributed by atoms with Crippen LogP contribution < -0.4 is 4.74 Å². The molecule has 0 unspecified atom stereocenters. The molecule has 2 heterocycles. The van der Waals surface area contributed by atoms with E-state index in [0.717, 1.165) is 30.0 Å². The van der Waals surface area contributed by atoms with Gasteiger partial charge in [0.2, 0.25) is 5.91 Å². The topological polar surface area (TPSA) is 86.6 Å². The molecule has 2 aromatic rings. The molecule has 1 saturated heterocycles. The maximum Gasteiger partial charge on any atom is 0.310 e. The molecule has 1 aromatic heterocycles. The number of methoxy groups -OCH3 is 1. The van der Waals surface area contributed by atoms with Crippen LogP contribution in [0.15, 0.2) is 29.4 Å². The first kappa shape index (κ1) is 21.2. The van der Waals surface area contributed by atoms with Crippen molar-refractivity contribution in [1.29, 1.82) is 0 Å². The van der Waals surface area contributed by atoms with Crippen LogP contribution in [0.1, 0.15) is 19.8 Å². The van der Waals surface area contributed by atoms with Gasteiger partial charge in [0, 0.05) is 25.7 Å². The van der Waals surface area contributed by atoms with Crippen LogP contribution in [-0.2, 0) is 21.4 Å². The van der Waals surface area contributed by atoms with Gasteiger partial charge in [0.25, 0.3) is 0 Å². The molecule has 1 aliphatic heterocycles. The molecule has 1 aromatic carbocycles. The third-order valence-corrected chi connectivity index (χ3v) is 5.91. The summed E-state index contributed by atoms with van der Waals surface area (Å²) in [5, 5.41) is 9.14. The minimum atomic E-state index is -0.228. The van der Waals surface area contributed by atoms with E-state index in [-0.39, 0.29) is 23.5 Å². The first-order valence-electron chi connectivity index (χ1n) is 9.64. The van der Waals surface area contributed by atoms with E-state index in [1.54, 1.807) is 18.9 Å². The van der Waals surface area contributed by atoms with Crippen molar-refractivity contribution in [2.24, 2.45) is 13.0 Å². The van der Waals surface area contributed by atoms with Crippen molar-refractivity contribution in [3.8, 4) is 17.1 Å². The van der Waals surface area contributed by atoms with E-state index in [0.29, 0.717) is 24.9 Å². The minimum Gasteiger partial charge on any atom is -0.497 e. The zero-order valence-corrected chi connectivity index (χ0v) is 17.8. The van der Waals surface area contributed by atoms with Gasteiger partial charge in [-0.15, -0.1) is 10.2 Å². The van der Waals surface area contributed by atoms with Crippen LogP contribution in [0.2, 0.25) is 0 Å². The van der Waals surface area contributed by atoms with Crippen LogP contribution in [-0.4, -0.2) is 64.1 Å². The van der Waals surface area contributed by atoms with Gasteiger partial charge in [-0.25, -0.2) is 0 Å². The van der Waals surface area contributed by atoms with Gasteiger partial charge in [-0.05, 0) is 44.0 Å². The van der Waals surface area contributed by atoms with Crippen LogP contribution >= 0.6 is 11.8 Å². The maximum absolute atomic E-state index is 12.6. The van der Waals surface area contributed by atoms with Crippen LogP contribution in [0.5, 0.6) is 5.75 Å². The molecule has 156 valence electrons. The highest BCUT2D eigenvalue weighted by atomic mass is 32.2. The summed E-state index contributed by atoms with van der Waals surface area (Å²) in [6.07, 6.45) is 1.58. The monoisotopic (exact) mass is 418 g/mol. The van der Waals surface area contributed by atoms with Gasteiger partial charge in [-0.1, -0.05) is 11.8 Å². The van der Waals surface area contributed by atoms with Crippen LogP contribution in [0.3, 0.4) is 0 Å². The summed E-state index contributed by atoms with van der Waals surface area (Å²) in [5.74, 6) is 1.31. The van der Waals surface area contributed by atoms with Crippen molar-refractivity contribution >= 4 is 23.6 Å². The predicted octanol–water partition coefficient (Wildman–Crippen LogP) is 2.38. The maximum atomic E-state index is 12.6.